The van der Waals surface area contributed by atoms with Gasteiger partial charge in [-0.2, -0.15) is 18.3 Å². The maximum atomic E-state index is 12.9. The maximum absolute atomic E-state index is 12.9. The van der Waals surface area contributed by atoms with Gasteiger partial charge in [-0.05, 0) is 38.5 Å². The summed E-state index contributed by atoms with van der Waals surface area (Å²) >= 11 is 0. The van der Waals surface area contributed by atoms with Crippen LogP contribution < -0.4 is 0 Å². The van der Waals surface area contributed by atoms with Crippen molar-refractivity contribution in [2.75, 3.05) is 0 Å². The number of hydrogen-bond acceptors (Lipinski definition) is 1. The van der Waals surface area contributed by atoms with E-state index in [2.05, 4.69) is 5.10 Å². The fourth-order valence-corrected chi connectivity index (χ4v) is 2.06. The van der Waals surface area contributed by atoms with Crippen LogP contribution in [0.15, 0.2) is 24.3 Å². The molecule has 18 heavy (non-hydrogen) atoms. The minimum absolute atomic E-state index is 0.00139. The number of benzene rings is 1. The topological polar surface area (TPSA) is 17.8 Å². The molecule has 0 aliphatic carbocycles. The molecular formula is C13H13F3N2. The Kier molecular flexibility index (Phi) is 2.92. The quantitative estimate of drug-likeness (QED) is 0.756. The van der Waals surface area contributed by atoms with Crippen LogP contribution in [0.25, 0.3) is 5.69 Å². The van der Waals surface area contributed by atoms with E-state index in [-0.39, 0.29) is 11.4 Å². The molecule has 0 bridgehead atoms. The van der Waals surface area contributed by atoms with E-state index in [0.29, 0.717) is 5.69 Å². The van der Waals surface area contributed by atoms with Crippen LogP contribution in [0.4, 0.5) is 13.2 Å². The Morgan fingerprint density at radius 1 is 1.11 bits per heavy atom. The Morgan fingerprint density at radius 2 is 1.78 bits per heavy atom. The zero-order valence-electron chi connectivity index (χ0n) is 10.3. The van der Waals surface area contributed by atoms with Crippen molar-refractivity contribution in [1.82, 2.24) is 9.78 Å². The number of hydrogen-bond donors (Lipinski definition) is 0. The molecule has 0 saturated carbocycles. The van der Waals surface area contributed by atoms with Gasteiger partial charge in [0.05, 0.1) is 22.6 Å². The molecule has 1 aromatic carbocycles. The molecule has 1 aromatic heterocycles. The molecular weight excluding hydrogens is 241 g/mol. The predicted octanol–water partition coefficient (Wildman–Crippen LogP) is 3.82. The van der Waals surface area contributed by atoms with Crippen molar-refractivity contribution in [3.63, 3.8) is 0 Å². The highest BCUT2D eigenvalue weighted by atomic mass is 19.4. The molecule has 0 aliphatic rings. The van der Waals surface area contributed by atoms with Crippen molar-refractivity contribution in [2.45, 2.75) is 26.9 Å². The van der Waals surface area contributed by atoms with Gasteiger partial charge in [-0.15, -0.1) is 0 Å². The molecule has 96 valence electrons. The minimum Gasteiger partial charge on any atom is -0.237 e. The number of halogens is 3. The fourth-order valence-electron chi connectivity index (χ4n) is 2.06. The summed E-state index contributed by atoms with van der Waals surface area (Å²) in [5, 5.41) is 3.98. The third-order valence-electron chi connectivity index (χ3n) is 2.82. The van der Waals surface area contributed by atoms with E-state index in [0.717, 1.165) is 5.56 Å². The molecule has 1 heterocycles. The zero-order chi connectivity index (χ0) is 13.5. The second-order valence-electron chi connectivity index (χ2n) is 4.29. The Hall–Kier alpha value is -1.78. The lowest BCUT2D eigenvalue weighted by Gasteiger charge is -2.08. The maximum Gasteiger partial charge on any atom is 0.419 e. The van der Waals surface area contributed by atoms with Gasteiger partial charge in [0.1, 0.15) is 0 Å². The lowest BCUT2D eigenvalue weighted by atomic mass is 10.2. The van der Waals surface area contributed by atoms with Gasteiger partial charge in [0.2, 0.25) is 0 Å². The van der Waals surface area contributed by atoms with Gasteiger partial charge in [-0.3, -0.25) is 0 Å². The highest BCUT2D eigenvalue weighted by Gasteiger charge is 2.37. The normalized spacial score (nSPS) is 11.9. The van der Waals surface area contributed by atoms with Gasteiger partial charge in [0.25, 0.3) is 0 Å². The van der Waals surface area contributed by atoms with Crippen molar-refractivity contribution in [1.29, 1.82) is 0 Å². The first-order valence-electron chi connectivity index (χ1n) is 5.51. The minimum atomic E-state index is -4.36. The molecule has 0 N–H and O–H groups in total. The first-order chi connectivity index (χ1) is 8.30. The SMILES string of the molecule is Cc1cccc(-n2nc(C)c(C(F)(F)F)c2C)c1. The Labute approximate surface area is 103 Å². The summed E-state index contributed by atoms with van der Waals surface area (Å²) < 4.78 is 39.9. The van der Waals surface area contributed by atoms with E-state index in [1.54, 1.807) is 18.2 Å². The van der Waals surface area contributed by atoms with Crippen LogP contribution in [-0.2, 0) is 6.18 Å². The van der Waals surface area contributed by atoms with Crippen LogP contribution in [0.1, 0.15) is 22.5 Å². The second kappa shape index (κ2) is 4.15. The van der Waals surface area contributed by atoms with Gasteiger partial charge in [-0.1, -0.05) is 12.1 Å². The second-order valence-corrected chi connectivity index (χ2v) is 4.29. The van der Waals surface area contributed by atoms with Crippen molar-refractivity contribution in [3.8, 4) is 5.69 Å². The first-order valence-corrected chi connectivity index (χ1v) is 5.51. The standard InChI is InChI=1S/C13H13F3N2/c1-8-5-4-6-11(7-8)18-10(3)12(9(2)17-18)13(14,15)16/h4-7H,1-3H3. The van der Waals surface area contributed by atoms with E-state index in [9.17, 15) is 13.2 Å². The van der Waals surface area contributed by atoms with Crippen molar-refractivity contribution in [3.05, 3.63) is 46.8 Å². The van der Waals surface area contributed by atoms with Crippen LogP contribution in [0.5, 0.6) is 0 Å². The largest absolute Gasteiger partial charge is 0.419 e. The fraction of sp³-hybridized carbons (Fsp3) is 0.308. The van der Waals surface area contributed by atoms with Gasteiger partial charge in [0.15, 0.2) is 0 Å². The van der Waals surface area contributed by atoms with Gasteiger partial charge >= 0.3 is 6.18 Å². The van der Waals surface area contributed by atoms with Crippen LogP contribution in [0, 0.1) is 20.8 Å². The molecule has 5 heteroatoms. The van der Waals surface area contributed by atoms with E-state index < -0.39 is 11.7 Å². The molecule has 0 atom stereocenters. The van der Waals surface area contributed by atoms with Crippen molar-refractivity contribution < 1.29 is 13.2 Å². The molecule has 0 fully saturated rings. The van der Waals surface area contributed by atoms with Gasteiger partial charge in [0, 0.05) is 0 Å². The highest BCUT2D eigenvalue weighted by Crippen LogP contribution is 2.34. The van der Waals surface area contributed by atoms with Crippen LogP contribution >= 0.6 is 0 Å². The van der Waals surface area contributed by atoms with Gasteiger partial charge < -0.3 is 0 Å². The molecule has 0 spiro atoms. The molecule has 2 rings (SSSR count). The molecule has 0 unspecified atom stereocenters. The van der Waals surface area contributed by atoms with Crippen LogP contribution in [0.2, 0.25) is 0 Å². The molecule has 0 aliphatic heterocycles. The average molecular weight is 254 g/mol. The summed E-state index contributed by atoms with van der Waals surface area (Å²) in [4.78, 5) is 0. The van der Waals surface area contributed by atoms with E-state index in [1.165, 1.54) is 18.5 Å². The van der Waals surface area contributed by atoms with Gasteiger partial charge in [-0.25, -0.2) is 4.68 Å². The average Bonchev–Trinajstić information content (AvgIpc) is 2.53. The lowest BCUT2D eigenvalue weighted by molar-refractivity contribution is -0.138. The summed E-state index contributed by atoms with van der Waals surface area (Å²) in [5.41, 5.74) is 1.09. The smallest absolute Gasteiger partial charge is 0.237 e. The number of rotatable bonds is 1. The zero-order valence-corrected chi connectivity index (χ0v) is 10.3. The predicted molar refractivity (Wildman–Crippen MR) is 62.8 cm³/mol. The summed E-state index contributed by atoms with van der Waals surface area (Å²) in [6.45, 7) is 4.70. The summed E-state index contributed by atoms with van der Waals surface area (Å²) in [6, 6.07) is 7.24. The Morgan fingerprint density at radius 3 is 2.28 bits per heavy atom. The van der Waals surface area contributed by atoms with Crippen LogP contribution in [-0.4, -0.2) is 9.78 Å². The first kappa shape index (κ1) is 12.7. The number of aryl methyl sites for hydroxylation is 2. The molecule has 2 aromatic rings. The lowest BCUT2D eigenvalue weighted by Crippen LogP contribution is -2.08. The molecule has 2 nitrogen and oxygen atoms in total. The highest BCUT2D eigenvalue weighted by molar-refractivity contribution is 5.40. The van der Waals surface area contributed by atoms with Crippen molar-refractivity contribution >= 4 is 0 Å². The number of aromatic nitrogens is 2. The molecule has 0 saturated heterocycles. The molecule has 0 amide bonds. The summed E-state index contributed by atoms with van der Waals surface area (Å²) in [6.07, 6.45) is -4.36. The van der Waals surface area contributed by atoms with Crippen molar-refractivity contribution in [2.24, 2.45) is 0 Å². The summed E-state index contributed by atoms with van der Waals surface area (Å²) in [7, 11) is 0. The number of nitrogens with zero attached hydrogens (tertiary/aromatic N) is 2. The molecule has 0 radical (unpaired) electrons. The van der Waals surface area contributed by atoms with Crippen LogP contribution in [0.3, 0.4) is 0 Å². The third-order valence-corrected chi connectivity index (χ3v) is 2.82. The van der Waals surface area contributed by atoms with E-state index in [1.807, 2.05) is 13.0 Å². The Balaban J connectivity index is 2.61. The summed E-state index contributed by atoms with van der Waals surface area (Å²) in [5.74, 6) is 0. The van der Waals surface area contributed by atoms with E-state index >= 15 is 0 Å². The monoisotopic (exact) mass is 254 g/mol. The Bertz CT molecular complexity index is 582. The third kappa shape index (κ3) is 2.12. The van der Waals surface area contributed by atoms with E-state index in [4.69, 9.17) is 0 Å². The number of alkyl halides is 3.